The van der Waals surface area contributed by atoms with Crippen LogP contribution in [0.5, 0.6) is 17.2 Å². The molecule has 5 nitrogen and oxygen atoms in total. The Morgan fingerprint density at radius 1 is 1.08 bits per heavy atom. The SMILES string of the molecule is COc1ccc(C2CCCCCC2SCC(=O)O)c(OC)c1OC. The van der Waals surface area contributed by atoms with Crippen molar-refractivity contribution in [2.75, 3.05) is 27.1 Å². The molecule has 1 aliphatic carbocycles. The van der Waals surface area contributed by atoms with E-state index >= 15 is 0 Å². The maximum Gasteiger partial charge on any atom is 0.313 e. The first-order valence-electron chi connectivity index (χ1n) is 8.24. The van der Waals surface area contributed by atoms with E-state index in [1.165, 1.54) is 18.2 Å². The number of rotatable bonds is 7. The lowest BCUT2D eigenvalue weighted by Gasteiger charge is -2.27. The zero-order valence-corrected chi connectivity index (χ0v) is 15.4. The van der Waals surface area contributed by atoms with Crippen molar-refractivity contribution < 1.29 is 24.1 Å². The van der Waals surface area contributed by atoms with Crippen LogP contribution in [0, 0.1) is 0 Å². The van der Waals surface area contributed by atoms with Crippen LogP contribution >= 0.6 is 11.8 Å². The molecule has 1 aliphatic rings. The number of hydrogen-bond acceptors (Lipinski definition) is 5. The molecule has 2 atom stereocenters. The first-order chi connectivity index (χ1) is 11.6. The Morgan fingerprint density at radius 2 is 1.79 bits per heavy atom. The summed E-state index contributed by atoms with van der Waals surface area (Å²) in [6.45, 7) is 0. The predicted molar refractivity (Wildman–Crippen MR) is 95.8 cm³/mol. The average molecular weight is 354 g/mol. The van der Waals surface area contributed by atoms with Crippen LogP contribution < -0.4 is 14.2 Å². The van der Waals surface area contributed by atoms with Gasteiger partial charge in [0.15, 0.2) is 11.5 Å². The number of thioether (sulfide) groups is 1. The van der Waals surface area contributed by atoms with E-state index in [2.05, 4.69) is 0 Å². The molecule has 6 heteroatoms. The quantitative estimate of drug-likeness (QED) is 0.748. The van der Waals surface area contributed by atoms with Crippen molar-refractivity contribution in [1.29, 1.82) is 0 Å². The van der Waals surface area contributed by atoms with Crippen LogP contribution in [0.2, 0.25) is 0 Å². The van der Waals surface area contributed by atoms with E-state index in [1.54, 1.807) is 21.3 Å². The van der Waals surface area contributed by atoms with Crippen LogP contribution in [0.3, 0.4) is 0 Å². The summed E-state index contributed by atoms with van der Waals surface area (Å²) in [5, 5.41) is 9.31. The molecular formula is C18H26O5S. The summed E-state index contributed by atoms with van der Waals surface area (Å²) in [7, 11) is 4.85. The molecule has 0 radical (unpaired) electrons. The van der Waals surface area contributed by atoms with E-state index < -0.39 is 5.97 Å². The lowest BCUT2D eigenvalue weighted by molar-refractivity contribution is -0.133. The predicted octanol–water partition coefficient (Wildman–Crippen LogP) is 3.95. The molecule has 1 saturated carbocycles. The third-order valence-electron chi connectivity index (χ3n) is 4.51. The molecule has 2 unspecified atom stereocenters. The monoisotopic (exact) mass is 354 g/mol. The number of methoxy groups -OCH3 is 3. The zero-order valence-electron chi connectivity index (χ0n) is 14.5. The number of aliphatic carboxylic acids is 1. The Kier molecular flexibility index (Phi) is 7.09. The van der Waals surface area contributed by atoms with Gasteiger partial charge >= 0.3 is 5.97 Å². The molecule has 0 spiro atoms. The van der Waals surface area contributed by atoms with E-state index in [-0.39, 0.29) is 16.9 Å². The topological polar surface area (TPSA) is 65.0 Å². The molecule has 0 amide bonds. The molecular weight excluding hydrogens is 328 g/mol. The summed E-state index contributed by atoms with van der Waals surface area (Å²) < 4.78 is 16.5. The summed E-state index contributed by atoms with van der Waals surface area (Å²) >= 11 is 1.54. The molecule has 24 heavy (non-hydrogen) atoms. The van der Waals surface area contributed by atoms with Crippen molar-refractivity contribution in [3.05, 3.63) is 17.7 Å². The van der Waals surface area contributed by atoms with Gasteiger partial charge in [-0.15, -0.1) is 11.8 Å². The Labute approximate surface area is 147 Å². The molecule has 2 rings (SSSR count). The Hall–Kier alpha value is -1.56. The first kappa shape index (κ1) is 18.8. The highest BCUT2D eigenvalue weighted by atomic mass is 32.2. The van der Waals surface area contributed by atoms with Gasteiger partial charge in [-0.1, -0.05) is 25.3 Å². The molecule has 1 N–H and O–H groups in total. The maximum absolute atomic E-state index is 11.0. The number of hydrogen-bond donors (Lipinski definition) is 1. The van der Waals surface area contributed by atoms with Crippen molar-refractivity contribution in [3.63, 3.8) is 0 Å². The molecule has 134 valence electrons. The molecule has 0 aliphatic heterocycles. The van der Waals surface area contributed by atoms with Crippen molar-refractivity contribution in [3.8, 4) is 17.2 Å². The van der Waals surface area contributed by atoms with Gasteiger partial charge in [0.25, 0.3) is 0 Å². The van der Waals surface area contributed by atoms with E-state index in [0.717, 1.165) is 31.2 Å². The molecule has 0 saturated heterocycles. The number of carboxylic acid groups (broad SMARTS) is 1. The zero-order chi connectivity index (χ0) is 17.5. The number of carbonyl (C=O) groups is 1. The first-order valence-corrected chi connectivity index (χ1v) is 9.29. The second-order valence-electron chi connectivity index (χ2n) is 5.91. The largest absolute Gasteiger partial charge is 0.493 e. The lowest BCUT2D eigenvalue weighted by atomic mass is 9.90. The van der Waals surface area contributed by atoms with Crippen molar-refractivity contribution in [1.82, 2.24) is 0 Å². The fourth-order valence-electron chi connectivity index (χ4n) is 3.42. The van der Waals surface area contributed by atoms with E-state index in [9.17, 15) is 4.79 Å². The van der Waals surface area contributed by atoms with Gasteiger partial charge in [0, 0.05) is 10.8 Å². The van der Waals surface area contributed by atoms with Gasteiger partial charge in [-0.3, -0.25) is 4.79 Å². The van der Waals surface area contributed by atoms with Gasteiger partial charge in [-0.2, -0.15) is 0 Å². The second-order valence-corrected chi connectivity index (χ2v) is 7.14. The Balaban J connectivity index is 2.39. The smallest absolute Gasteiger partial charge is 0.313 e. The Bertz CT molecular complexity index is 561. The summed E-state index contributed by atoms with van der Waals surface area (Å²) in [6, 6.07) is 3.94. The third-order valence-corrected chi connectivity index (χ3v) is 5.91. The van der Waals surface area contributed by atoms with Crippen LogP contribution in [0.15, 0.2) is 12.1 Å². The molecule has 1 aromatic rings. The lowest BCUT2D eigenvalue weighted by Crippen LogP contribution is -2.17. The van der Waals surface area contributed by atoms with Crippen molar-refractivity contribution >= 4 is 17.7 Å². The second kappa shape index (κ2) is 9.06. The molecule has 0 heterocycles. The van der Waals surface area contributed by atoms with Crippen molar-refractivity contribution in [2.24, 2.45) is 0 Å². The summed E-state index contributed by atoms with van der Waals surface area (Å²) in [5.74, 6) is 1.57. The highest BCUT2D eigenvalue weighted by Gasteiger charge is 2.30. The van der Waals surface area contributed by atoms with Crippen LogP contribution in [-0.4, -0.2) is 43.4 Å². The van der Waals surface area contributed by atoms with E-state index in [0.29, 0.717) is 17.2 Å². The van der Waals surface area contributed by atoms with Gasteiger partial charge in [-0.05, 0) is 24.8 Å². The fraction of sp³-hybridized carbons (Fsp3) is 0.611. The minimum atomic E-state index is -0.762. The Morgan fingerprint density at radius 3 is 2.42 bits per heavy atom. The van der Waals surface area contributed by atoms with Crippen LogP contribution in [0.1, 0.15) is 43.6 Å². The number of carboxylic acids is 1. The van der Waals surface area contributed by atoms with Crippen LogP contribution in [0.4, 0.5) is 0 Å². The average Bonchev–Trinajstić information content (AvgIpc) is 2.83. The van der Waals surface area contributed by atoms with Gasteiger partial charge in [0.1, 0.15) is 0 Å². The fourth-order valence-corrected chi connectivity index (χ4v) is 4.63. The van der Waals surface area contributed by atoms with E-state index in [1.807, 2.05) is 12.1 Å². The summed E-state index contributed by atoms with van der Waals surface area (Å²) in [4.78, 5) is 11.0. The van der Waals surface area contributed by atoms with Gasteiger partial charge < -0.3 is 19.3 Å². The highest BCUT2D eigenvalue weighted by molar-refractivity contribution is 8.00. The minimum Gasteiger partial charge on any atom is -0.493 e. The number of ether oxygens (including phenoxy) is 3. The van der Waals surface area contributed by atoms with Crippen LogP contribution in [-0.2, 0) is 4.79 Å². The standard InChI is InChI=1S/C18H26O5S/c1-21-14-10-9-13(17(22-2)18(14)23-3)12-7-5-4-6-8-15(12)24-11-16(19)20/h9-10,12,15H,4-8,11H2,1-3H3,(H,19,20). The third kappa shape index (κ3) is 4.29. The van der Waals surface area contributed by atoms with Gasteiger partial charge in [-0.25, -0.2) is 0 Å². The molecule has 0 bridgehead atoms. The van der Waals surface area contributed by atoms with E-state index in [4.69, 9.17) is 19.3 Å². The normalized spacial score (nSPS) is 21.0. The van der Waals surface area contributed by atoms with Crippen LogP contribution in [0.25, 0.3) is 0 Å². The minimum absolute atomic E-state index is 0.136. The summed E-state index contributed by atoms with van der Waals surface area (Å²) in [6.07, 6.45) is 5.54. The molecule has 1 aromatic carbocycles. The van der Waals surface area contributed by atoms with Gasteiger partial charge in [0.05, 0.1) is 27.1 Å². The number of benzene rings is 1. The molecule has 0 aromatic heterocycles. The van der Waals surface area contributed by atoms with Gasteiger partial charge in [0.2, 0.25) is 5.75 Å². The molecule has 1 fully saturated rings. The highest BCUT2D eigenvalue weighted by Crippen LogP contribution is 2.48. The summed E-state index contributed by atoms with van der Waals surface area (Å²) in [5.41, 5.74) is 1.08. The van der Waals surface area contributed by atoms with Crippen molar-refractivity contribution in [2.45, 2.75) is 43.3 Å². The maximum atomic E-state index is 11.0.